The molecule has 1 atom stereocenters. The van der Waals surface area contributed by atoms with E-state index in [4.69, 9.17) is 9.47 Å². The topological polar surface area (TPSA) is 59.6 Å². The molecular weight excluding hydrogens is 292 g/mol. The van der Waals surface area contributed by atoms with Gasteiger partial charge in [-0.15, -0.1) is 0 Å². The third-order valence-corrected chi connectivity index (χ3v) is 3.27. The summed E-state index contributed by atoms with van der Waals surface area (Å²) in [6.45, 7) is 10.8. The fraction of sp³-hybridized carbons (Fsp3) is 0.611. The van der Waals surface area contributed by atoms with E-state index in [-0.39, 0.29) is 0 Å². The van der Waals surface area contributed by atoms with E-state index in [0.29, 0.717) is 17.4 Å². The lowest BCUT2D eigenvalue weighted by atomic mass is 10.1. The minimum Gasteiger partial charge on any atom is -0.494 e. The number of ether oxygens (including phenoxy) is 2. The van der Waals surface area contributed by atoms with Crippen molar-refractivity contribution in [3.63, 3.8) is 0 Å². The van der Waals surface area contributed by atoms with E-state index in [1.807, 2.05) is 39.0 Å². The minimum atomic E-state index is -0.534. The van der Waals surface area contributed by atoms with Crippen LogP contribution < -0.4 is 15.4 Å². The Morgan fingerprint density at radius 3 is 2.57 bits per heavy atom. The normalized spacial score (nSPS) is 12.4. The molecule has 0 aliphatic rings. The van der Waals surface area contributed by atoms with Crippen LogP contribution in [0.3, 0.4) is 0 Å². The molecule has 130 valence electrons. The van der Waals surface area contributed by atoms with Gasteiger partial charge in [0.2, 0.25) is 0 Å². The largest absolute Gasteiger partial charge is 0.494 e. The second kappa shape index (κ2) is 8.65. The van der Waals surface area contributed by atoms with Crippen LogP contribution in [0.2, 0.25) is 0 Å². The quantitative estimate of drug-likeness (QED) is 0.750. The van der Waals surface area contributed by atoms with Crippen LogP contribution >= 0.6 is 0 Å². The van der Waals surface area contributed by atoms with Crippen molar-refractivity contribution >= 4 is 17.5 Å². The smallest absolute Gasteiger partial charge is 0.412 e. The lowest BCUT2D eigenvalue weighted by Crippen LogP contribution is -2.27. The van der Waals surface area contributed by atoms with Gasteiger partial charge in [0.25, 0.3) is 0 Å². The lowest BCUT2D eigenvalue weighted by Gasteiger charge is -2.20. The lowest BCUT2D eigenvalue weighted by molar-refractivity contribution is 0.0635. The van der Waals surface area contributed by atoms with E-state index in [2.05, 4.69) is 24.5 Å². The molecule has 0 saturated heterocycles. The van der Waals surface area contributed by atoms with Crippen LogP contribution in [0.15, 0.2) is 18.2 Å². The third-order valence-electron chi connectivity index (χ3n) is 3.27. The van der Waals surface area contributed by atoms with Gasteiger partial charge in [0, 0.05) is 18.3 Å². The van der Waals surface area contributed by atoms with Crippen molar-refractivity contribution in [2.45, 2.75) is 53.1 Å². The average Bonchev–Trinajstić information content (AvgIpc) is 2.44. The molecule has 1 aromatic rings. The number of benzene rings is 1. The number of methoxy groups -OCH3 is 1. The van der Waals surface area contributed by atoms with Crippen molar-refractivity contribution in [1.29, 1.82) is 0 Å². The molecule has 0 radical (unpaired) electrons. The van der Waals surface area contributed by atoms with Crippen LogP contribution in [0.5, 0.6) is 5.75 Å². The predicted molar refractivity (Wildman–Crippen MR) is 95.4 cm³/mol. The van der Waals surface area contributed by atoms with E-state index in [0.717, 1.165) is 12.2 Å². The summed E-state index contributed by atoms with van der Waals surface area (Å²) < 4.78 is 10.6. The van der Waals surface area contributed by atoms with Crippen molar-refractivity contribution < 1.29 is 14.3 Å². The van der Waals surface area contributed by atoms with Gasteiger partial charge < -0.3 is 14.8 Å². The first-order valence-corrected chi connectivity index (χ1v) is 8.17. The molecule has 2 N–H and O–H groups in total. The number of nitrogens with one attached hydrogen (secondary N) is 2. The molecule has 0 bridgehead atoms. The number of anilines is 2. The van der Waals surface area contributed by atoms with E-state index < -0.39 is 11.7 Å². The number of amides is 1. The van der Waals surface area contributed by atoms with Gasteiger partial charge in [-0.2, -0.15) is 0 Å². The summed E-state index contributed by atoms with van der Waals surface area (Å²) in [5.74, 6) is 1.22. The molecule has 5 heteroatoms. The van der Waals surface area contributed by atoms with Gasteiger partial charge in [0.15, 0.2) is 0 Å². The van der Waals surface area contributed by atoms with Gasteiger partial charge in [-0.3, -0.25) is 5.32 Å². The molecule has 1 unspecified atom stereocenters. The Hall–Kier alpha value is -1.91. The van der Waals surface area contributed by atoms with Crippen LogP contribution in [0, 0.1) is 5.92 Å². The summed E-state index contributed by atoms with van der Waals surface area (Å²) in [7, 11) is 1.58. The van der Waals surface area contributed by atoms with Crippen LogP contribution in [-0.2, 0) is 4.74 Å². The highest BCUT2D eigenvalue weighted by Crippen LogP contribution is 2.28. The predicted octanol–water partition coefficient (Wildman–Crippen LogP) is 4.89. The molecule has 0 fully saturated rings. The molecule has 1 aromatic carbocycles. The zero-order valence-corrected chi connectivity index (χ0v) is 15.2. The second-order valence-electron chi connectivity index (χ2n) is 6.82. The van der Waals surface area contributed by atoms with Gasteiger partial charge in [0.1, 0.15) is 11.4 Å². The number of rotatable bonds is 7. The molecule has 0 spiro atoms. The van der Waals surface area contributed by atoms with Crippen LogP contribution in [0.25, 0.3) is 0 Å². The molecular formula is C18H30N2O3. The Kier molecular flexibility index (Phi) is 7.20. The van der Waals surface area contributed by atoms with Gasteiger partial charge in [-0.25, -0.2) is 4.79 Å². The summed E-state index contributed by atoms with van der Waals surface area (Å²) in [6, 6.07) is 5.62. The van der Waals surface area contributed by atoms with Crippen LogP contribution in [0.4, 0.5) is 16.2 Å². The third kappa shape index (κ3) is 7.26. The summed E-state index contributed by atoms with van der Waals surface area (Å²) in [5, 5.41) is 6.12. The molecule has 23 heavy (non-hydrogen) atoms. The molecule has 0 heterocycles. The summed E-state index contributed by atoms with van der Waals surface area (Å²) in [5.41, 5.74) is 1.03. The minimum absolute atomic E-state index is 0.493. The summed E-state index contributed by atoms with van der Waals surface area (Å²) >= 11 is 0. The molecule has 0 aliphatic carbocycles. The highest BCUT2D eigenvalue weighted by molar-refractivity contribution is 5.87. The Morgan fingerprint density at radius 2 is 2.00 bits per heavy atom. The van der Waals surface area contributed by atoms with Gasteiger partial charge in [-0.05, 0) is 45.2 Å². The molecule has 0 saturated carbocycles. The van der Waals surface area contributed by atoms with E-state index in [1.54, 1.807) is 7.11 Å². The number of carbonyl (C=O) groups is 1. The van der Waals surface area contributed by atoms with Crippen molar-refractivity contribution in [3.8, 4) is 5.75 Å². The van der Waals surface area contributed by atoms with Crippen LogP contribution in [0.1, 0.15) is 47.5 Å². The van der Waals surface area contributed by atoms with Gasteiger partial charge >= 0.3 is 6.09 Å². The van der Waals surface area contributed by atoms with E-state index >= 15 is 0 Å². The van der Waals surface area contributed by atoms with Gasteiger partial charge in [-0.1, -0.05) is 20.3 Å². The first-order chi connectivity index (χ1) is 10.7. The Labute approximate surface area is 139 Å². The fourth-order valence-corrected chi connectivity index (χ4v) is 2.20. The molecule has 0 aromatic heterocycles. The zero-order valence-electron chi connectivity index (χ0n) is 15.2. The van der Waals surface area contributed by atoms with E-state index in [1.165, 1.54) is 12.8 Å². The van der Waals surface area contributed by atoms with Crippen molar-refractivity contribution in [2.24, 2.45) is 5.92 Å². The first kappa shape index (κ1) is 19.1. The second-order valence-corrected chi connectivity index (χ2v) is 6.82. The standard InChI is InChI=1S/C18H30N2O3/c1-7-8-13(2)12-19-14-9-10-15(16(11-14)22-6)20-17(21)23-18(3,4)5/h9-11,13,19H,7-8,12H2,1-6H3,(H,20,21). The van der Waals surface area contributed by atoms with Gasteiger partial charge in [0.05, 0.1) is 12.8 Å². The molecule has 1 rings (SSSR count). The average molecular weight is 322 g/mol. The maximum absolute atomic E-state index is 11.9. The van der Waals surface area contributed by atoms with Crippen molar-refractivity contribution in [1.82, 2.24) is 0 Å². The van der Waals surface area contributed by atoms with Crippen molar-refractivity contribution in [3.05, 3.63) is 18.2 Å². The van der Waals surface area contributed by atoms with E-state index in [9.17, 15) is 4.79 Å². The monoisotopic (exact) mass is 322 g/mol. The maximum atomic E-state index is 11.9. The highest BCUT2D eigenvalue weighted by Gasteiger charge is 2.17. The summed E-state index contributed by atoms with van der Waals surface area (Å²) in [6.07, 6.45) is 1.89. The first-order valence-electron chi connectivity index (χ1n) is 8.17. The summed E-state index contributed by atoms with van der Waals surface area (Å²) in [4.78, 5) is 11.9. The Balaban J connectivity index is 2.70. The number of carbonyl (C=O) groups excluding carboxylic acids is 1. The SMILES string of the molecule is CCCC(C)CNc1ccc(NC(=O)OC(C)(C)C)c(OC)c1. The number of hydrogen-bond acceptors (Lipinski definition) is 4. The van der Waals surface area contributed by atoms with Crippen LogP contribution in [-0.4, -0.2) is 25.3 Å². The molecule has 5 nitrogen and oxygen atoms in total. The Morgan fingerprint density at radius 1 is 1.30 bits per heavy atom. The number of hydrogen-bond donors (Lipinski definition) is 2. The maximum Gasteiger partial charge on any atom is 0.412 e. The highest BCUT2D eigenvalue weighted by atomic mass is 16.6. The molecule has 0 aliphatic heterocycles. The fourth-order valence-electron chi connectivity index (χ4n) is 2.20. The van der Waals surface area contributed by atoms with Crippen molar-refractivity contribution in [2.75, 3.05) is 24.3 Å². The Bertz CT molecular complexity index is 509. The molecule has 1 amide bonds. The zero-order chi connectivity index (χ0) is 17.5.